The first-order valence-electron chi connectivity index (χ1n) is 6.85. The standard InChI is InChI=1S/C15H24N2O3.ClH/c1-5-6-16-7-8-17-15(18)12-10-14(20-4)13(19-3)9-11(12)2;/h9-10,16H,5-8H2,1-4H3,(H,17,18);1H. The quantitative estimate of drug-likeness (QED) is 0.722. The number of hydrogen-bond acceptors (Lipinski definition) is 4. The van der Waals surface area contributed by atoms with Crippen molar-refractivity contribution in [1.82, 2.24) is 10.6 Å². The summed E-state index contributed by atoms with van der Waals surface area (Å²) >= 11 is 0. The van der Waals surface area contributed by atoms with Crippen LogP contribution in [0.2, 0.25) is 0 Å². The van der Waals surface area contributed by atoms with E-state index in [1.165, 1.54) is 0 Å². The predicted octanol–water partition coefficient (Wildman–Crippen LogP) is 2.16. The largest absolute Gasteiger partial charge is 0.493 e. The maximum Gasteiger partial charge on any atom is 0.251 e. The van der Waals surface area contributed by atoms with E-state index in [-0.39, 0.29) is 18.3 Å². The van der Waals surface area contributed by atoms with Crippen molar-refractivity contribution < 1.29 is 14.3 Å². The highest BCUT2D eigenvalue weighted by atomic mass is 35.5. The Morgan fingerprint density at radius 3 is 2.29 bits per heavy atom. The van der Waals surface area contributed by atoms with Crippen molar-refractivity contribution in [3.63, 3.8) is 0 Å². The summed E-state index contributed by atoms with van der Waals surface area (Å²) in [7, 11) is 3.14. The Labute approximate surface area is 132 Å². The summed E-state index contributed by atoms with van der Waals surface area (Å²) in [6, 6.07) is 3.52. The van der Waals surface area contributed by atoms with Gasteiger partial charge in [0.1, 0.15) is 0 Å². The molecule has 6 heteroatoms. The molecule has 21 heavy (non-hydrogen) atoms. The second-order valence-electron chi connectivity index (χ2n) is 4.53. The van der Waals surface area contributed by atoms with Crippen molar-refractivity contribution in [2.45, 2.75) is 20.3 Å². The summed E-state index contributed by atoms with van der Waals surface area (Å²) in [5.41, 5.74) is 1.47. The molecule has 0 bridgehead atoms. The molecule has 0 aromatic heterocycles. The normalized spacial score (nSPS) is 9.71. The molecule has 1 aromatic carbocycles. The van der Waals surface area contributed by atoms with Gasteiger partial charge in [0, 0.05) is 18.7 Å². The number of halogens is 1. The number of hydrogen-bond donors (Lipinski definition) is 2. The Hall–Kier alpha value is -1.46. The molecule has 0 saturated carbocycles. The molecular weight excluding hydrogens is 292 g/mol. The third-order valence-corrected chi connectivity index (χ3v) is 2.99. The van der Waals surface area contributed by atoms with Gasteiger partial charge in [0.15, 0.2) is 11.5 Å². The maximum atomic E-state index is 12.1. The molecule has 0 heterocycles. The lowest BCUT2D eigenvalue weighted by Gasteiger charge is -2.13. The first-order chi connectivity index (χ1) is 9.63. The van der Waals surface area contributed by atoms with Crippen molar-refractivity contribution in [3.05, 3.63) is 23.3 Å². The van der Waals surface area contributed by atoms with E-state index in [0.29, 0.717) is 23.6 Å². The van der Waals surface area contributed by atoms with Crippen molar-refractivity contribution in [2.24, 2.45) is 0 Å². The molecule has 5 nitrogen and oxygen atoms in total. The van der Waals surface area contributed by atoms with Gasteiger partial charge in [-0.25, -0.2) is 0 Å². The third-order valence-electron chi connectivity index (χ3n) is 2.99. The summed E-state index contributed by atoms with van der Waals surface area (Å²) in [6.45, 7) is 6.33. The summed E-state index contributed by atoms with van der Waals surface area (Å²) in [5, 5.41) is 6.13. The van der Waals surface area contributed by atoms with Gasteiger partial charge in [-0.3, -0.25) is 4.79 Å². The van der Waals surface area contributed by atoms with Gasteiger partial charge in [-0.15, -0.1) is 12.4 Å². The van der Waals surface area contributed by atoms with Crippen molar-refractivity contribution in [3.8, 4) is 11.5 Å². The molecule has 0 atom stereocenters. The van der Waals surface area contributed by atoms with E-state index in [1.54, 1.807) is 20.3 Å². The summed E-state index contributed by atoms with van der Waals surface area (Å²) in [6.07, 6.45) is 1.09. The second-order valence-corrected chi connectivity index (χ2v) is 4.53. The number of ether oxygens (including phenoxy) is 2. The number of benzene rings is 1. The van der Waals surface area contributed by atoms with Crippen LogP contribution >= 0.6 is 12.4 Å². The van der Waals surface area contributed by atoms with E-state index < -0.39 is 0 Å². The van der Waals surface area contributed by atoms with Gasteiger partial charge >= 0.3 is 0 Å². The molecule has 0 spiro atoms. The van der Waals surface area contributed by atoms with Gasteiger partial charge in [-0.1, -0.05) is 6.92 Å². The van der Waals surface area contributed by atoms with Crippen LogP contribution in [0.5, 0.6) is 11.5 Å². The number of carbonyl (C=O) groups is 1. The maximum absolute atomic E-state index is 12.1. The fourth-order valence-corrected chi connectivity index (χ4v) is 1.89. The number of carbonyl (C=O) groups excluding carboxylic acids is 1. The zero-order valence-corrected chi connectivity index (χ0v) is 13.9. The molecule has 0 fully saturated rings. The molecule has 120 valence electrons. The average Bonchev–Trinajstić information content (AvgIpc) is 2.46. The highest BCUT2D eigenvalue weighted by Crippen LogP contribution is 2.30. The number of aryl methyl sites for hydroxylation is 1. The van der Waals surface area contributed by atoms with Crippen LogP contribution < -0.4 is 20.1 Å². The molecule has 1 amide bonds. The lowest BCUT2D eigenvalue weighted by atomic mass is 10.1. The number of methoxy groups -OCH3 is 2. The molecule has 0 unspecified atom stereocenters. The van der Waals surface area contributed by atoms with Crippen LogP contribution in [0.3, 0.4) is 0 Å². The van der Waals surface area contributed by atoms with Crippen LogP contribution in [0.1, 0.15) is 29.3 Å². The SMILES string of the molecule is CCCNCCNC(=O)c1cc(OC)c(OC)cc1C.Cl. The highest BCUT2D eigenvalue weighted by Gasteiger charge is 2.13. The number of amides is 1. The molecule has 0 saturated heterocycles. The first-order valence-corrected chi connectivity index (χ1v) is 6.85. The predicted molar refractivity (Wildman–Crippen MR) is 87.0 cm³/mol. The summed E-state index contributed by atoms with van der Waals surface area (Å²) in [4.78, 5) is 12.1. The summed E-state index contributed by atoms with van der Waals surface area (Å²) < 4.78 is 10.4. The zero-order valence-electron chi connectivity index (χ0n) is 13.1. The molecule has 1 rings (SSSR count). The number of rotatable bonds is 8. The van der Waals surface area contributed by atoms with Crippen LogP contribution in [0.15, 0.2) is 12.1 Å². The van der Waals surface area contributed by atoms with Gasteiger partial charge in [0.2, 0.25) is 0 Å². The van der Waals surface area contributed by atoms with E-state index in [4.69, 9.17) is 9.47 Å². The first kappa shape index (κ1) is 19.5. The fraction of sp³-hybridized carbons (Fsp3) is 0.533. The third kappa shape index (κ3) is 5.81. The topological polar surface area (TPSA) is 59.6 Å². The van der Waals surface area contributed by atoms with Crippen molar-refractivity contribution in [1.29, 1.82) is 0 Å². The Morgan fingerprint density at radius 2 is 1.71 bits per heavy atom. The molecule has 0 aliphatic rings. The minimum atomic E-state index is -0.0956. The van der Waals surface area contributed by atoms with Gasteiger partial charge in [-0.2, -0.15) is 0 Å². The van der Waals surface area contributed by atoms with Crippen LogP contribution in [-0.4, -0.2) is 39.8 Å². The lowest BCUT2D eigenvalue weighted by molar-refractivity contribution is 0.0953. The zero-order chi connectivity index (χ0) is 15.0. The minimum absolute atomic E-state index is 0. The van der Waals surface area contributed by atoms with Gasteiger partial charge < -0.3 is 20.1 Å². The van der Waals surface area contributed by atoms with Crippen LogP contribution in [0.25, 0.3) is 0 Å². The average molecular weight is 317 g/mol. The highest BCUT2D eigenvalue weighted by molar-refractivity contribution is 5.96. The van der Waals surface area contributed by atoms with E-state index in [0.717, 1.165) is 25.1 Å². The van der Waals surface area contributed by atoms with Gasteiger partial charge in [0.25, 0.3) is 5.91 Å². The van der Waals surface area contributed by atoms with E-state index >= 15 is 0 Å². The Bertz CT molecular complexity index is 453. The Morgan fingerprint density at radius 1 is 1.10 bits per heavy atom. The summed E-state index contributed by atoms with van der Waals surface area (Å²) in [5.74, 6) is 1.10. The molecule has 1 aromatic rings. The van der Waals surface area contributed by atoms with Crippen molar-refractivity contribution >= 4 is 18.3 Å². The minimum Gasteiger partial charge on any atom is -0.493 e. The monoisotopic (exact) mass is 316 g/mol. The Balaban J connectivity index is 0.00000400. The van der Waals surface area contributed by atoms with Crippen LogP contribution in [-0.2, 0) is 0 Å². The molecule has 0 radical (unpaired) electrons. The second kappa shape index (κ2) is 10.3. The van der Waals surface area contributed by atoms with E-state index in [1.807, 2.05) is 13.0 Å². The molecule has 2 N–H and O–H groups in total. The fourth-order valence-electron chi connectivity index (χ4n) is 1.89. The van der Waals surface area contributed by atoms with E-state index in [9.17, 15) is 4.79 Å². The molecular formula is C15H25ClN2O3. The Kier molecular flexibility index (Phi) is 9.58. The van der Waals surface area contributed by atoms with Crippen LogP contribution in [0.4, 0.5) is 0 Å². The van der Waals surface area contributed by atoms with E-state index in [2.05, 4.69) is 17.6 Å². The number of nitrogens with one attached hydrogen (secondary N) is 2. The van der Waals surface area contributed by atoms with Crippen molar-refractivity contribution in [2.75, 3.05) is 33.9 Å². The lowest BCUT2D eigenvalue weighted by Crippen LogP contribution is -2.32. The van der Waals surface area contributed by atoms with Gasteiger partial charge in [0.05, 0.1) is 14.2 Å². The smallest absolute Gasteiger partial charge is 0.251 e. The molecule has 0 aliphatic carbocycles. The molecule has 0 aliphatic heterocycles. The van der Waals surface area contributed by atoms with Gasteiger partial charge in [-0.05, 0) is 37.6 Å². The van der Waals surface area contributed by atoms with Crippen LogP contribution in [0, 0.1) is 6.92 Å².